The van der Waals surface area contributed by atoms with Gasteiger partial charge in [0.2, 0.25) is 0 Å². The summed E-state index contributed by atoms with van der Waals surface area (Å²) in [5.41, 5.74) is 7.38. The number of hydrogen-bond donors (Lipinski definition) is 2. The molecule has 0 radical (unpaired) electrons. The molecule has 0 aliphatic carbocycles. The van der Waals surface area contributed by atoms with Crippen LogP contribution >= 0.6 is 0 Å². The average Bonchev–Trinajstić information content (AvgIpc) is 2.67. The Morgan fingerprint density at radius 3 is 2.61 bits per heavy atom. The SMILES string of the molecule is CCCOc1ccc(Nc2nn(C)cc2N)cc1. The zero-order valence-electron chi connectivity index (χ0n) is 10.7. The average molecular weight is 246 g/mol. The van der Waals surface area contributed by atoms with E-state index >= 15 is 0 Å². The normalized spacial score (nSPS) is 10.3. The Morgan fingerprint density at radius 2 is 2.06 bits per heavy atom. The molecule has 0 saturated heterocycles. The number of anilines is 3. The summed E-state index contributed by atoms with van der Waals surface area (Å²) in [6.45, 7) is 2.82. The Kier molecular flexibility index (Phi) is 3.72. The molecule has 0 bridgehead atoms. The van der Waals surface area contributed by atoms with Crippen molar-refractivity contribution in [1.29, 1.82) is 0 Å². The summed E-state index contributed by atoms with van der Waals surface area (Å²) < 4.78 is 7.19. The van der Waals surface area contributed by atoms with Crippen LogP contribution in [0.25, 0.3) is 0 Å². The fourth-order valence-electron chi connectivity index (χ4n) is 1.60. The molecule has 96 valence electrons. The fraction of sp³-hybridized carbons (Fsp3) is 0.308. The predicted molar refractivity (Wildman–Crippen MR) is 73.1 cm³/mol. The van der Waals surface area contributed by atoms with E-state index in [2.05, 4.69) is 17.3 Å². The number of nitrogens with one attached hydrogen (secondary N) is 1. The number of nitrogens with two attached hydrogens (primary N) is 1. The van der Waals surface area contributed by atoms with E-state index in [1.807, 2.05) is 31.3 Å². The lowest BCUT2D eigenvalue weighted by Gasteiger charge is -2.07. The Hall–Kier alpha value is -2.17. The number of nitrogen functional groups attached to an aromatic ring is 1. The molecule has 18 heavy (non-hydrogen) atoms. The van der Waals surface area contributed by atoms with Gasteiger partial charge in [-0.15, -0.1) is 0 Å². The van der Waals surface area contributed by atoms with Crippen molar-refractivity contribution < 1.29 is 4.74 Å². The summed E-state index contributed by atoms with van der Waals surface area (Å²) in [6.07, 6.45) is 2.77. The van der Waals surface area contributed by atoms with E-state index in [1.54, 1.807) is 10.9 Å². The highest BCUT2D eigenvalue weighted by atomic mass is 16.5. The van der Waals surface area contributed by atoms with Crippen molar-refractivity contribution in [3.8, 4) is 5.75 Å². The third-order valence-electron chi connectivity index (χ3n) is 2.45. The quantitative estimate of drug-likeness (QED) is 0.850. The molecule has 0 spiro atoms. The van der Waals surface area contributed by atoms with Crippen LogP contribution in [0.4, 0.5) is 17.2 Å². The fourth-order valence-corrected chi connectivity index (χ4v) is 1.60. The summed E-state index contributed by atoms with van der Waals surface area (Å²) in [6, 6.07) is 7.74. The molecular formula is C13H18N4O. The molecule has 5 heteroatoms. The Bertz CT molecular complexity index is 504. The summed E-state index contributed by atoms with van der Waals surface area (Å²) in [5.74, 6) is 1.54. The molecule has 5 nitrogen and oxygen atoms in total. The minimum Gasteiger partial charge on any atom is -0.494 e. The molecule has 2 rings (SSSR count). The van der Waals surface area contributed by atoms with Gasteiger partial charge in [-0.25, -0.2) is 0 Å². The van der Waals surface area contributed by atoms with Gasteiger partial charge < -0.3 is 15.8 Å². The number of aromatic nitrogens is 2. The highest BCUT2D eigenvalue weighted by molar-refractivity contribution is 5.68. The zero-order valence-corrected chi connectivity index (χ0v) is 10.7. The highest BCUT2D eigenvalue weighted by Crippen LogP contribution is 2.22. The van der Waals surface area contributed by atoms with Crippen LogP contribution in [0.15, 0.2) is 30.5 Å². The van der Waals surface area contributed by atoms with E-state index in [-0.39, 0.29) is 0 Å². The Balaban J connectivity index is 2.04. The van der Waals surface area contributed by atoms with Gasteiger partial charge in [-0.1, -0.05) is 6.92 Å². The highest BCUT2D eigenvalue weighted by Gasteiger charge is 2.04. The molecule has 0 unspecified atom stereocenters. The number of ether oxygens (including phenoxy) is 1. The van der Waals surface area contributed by atoms with E-state index in [0.29, 0.717) is 11.5 Å². The maximum absolute atomic E-state index is 5.81. The van der Waals surface area contributed by atoms with E-state index in [4.69, 9.17) is 10.5 Å². The van der Waals surface area contributed by atoms with Crippen LogP contribution in [0, 0.1) is 0 Å². The van der Waals surface area contributed by atoms with E-state index < -0.39 is 0 Å². The maximum atomic E-state index is 5.81. The molecule has 0 aliphatic rings. The van der Waals surface area contributed by atoms with Gasteiger partial charge in [-0.05, 0) is 30.7 Å². The van der Waals surface area contributed by atoms with Crippen molar-refractivity contribution in [2.75, 3.05) is 17.7 Å². The minimum atomic E-state index is 0.629. The number of benzene rings is 1. The van der Waals surface area contributed by atoms with Gasteiger partial charge in [0, 0.05) is 18.9 Å². The summed E-state index contributed by atoms with van der Waals surface area (Å²) in [7, 11) is 1.84. The molecule has 2 aromatic rings. The van der Waals surface area contributed by atoms with E-state index in [1.165, 1.54) is 0 Å². The topological polar surface area (TPSA) is 65.1 Å². The lowest BCUT2D eigenvalue weighted by atomic mass is 10.3. The second-order valence-corrected chi connectivity index (χ2v) is 4.10. The van der Waals surface area contributed by atoms with E-state index in [0.717, 1.165) is 24.5 Å². The molecule has 1 aromatic heterocycles. The van der Waals surface area contributed by atoms with Gasteiger partial charge >= 0.3 is 0 Å². The van der Waals surface area contributed by atoms with Crippen molar-refractivity contribution in [2.24, 2.45) is 7.05 Å². The first kappa shape index (κ1) is 12.3. The van der Waals surface area contributed by atoms with Crippen LogP contribution in [0.5, 0.6) is 5.75 Å². The molecule has 0 atom stereocenters. The van der Waals surface area contributed by atoms with Gasteiger partial charge in [-0.3, -0.25) is 4.68 Å². The largest absolute Gasteiger partial charge is 0.494 e. The number of hydrogen-bond acceptors (Lipinski definition) is 4. The van der Waals surface area contributed by atoms with Crippen LogP contribution < -0.4 is 15.8 Å². The Morgan fingerprint density at radius 1 is 1.33 bits per heavy atom. The number of nitrogens with zero attached hydrogens (tertiary/aromatic N) is 2. The van der Waals surface area contributed by atoms with Crippen LogP contribution in [0.3, 0.4) is 0 Å². The summed E-state index contributed by atoms with van der Waals surface area (Å²) >= 11 is 0. The lowest BCUT2D eigenvalue weighted by molar-refractivity contribution is 0.317. The number of aryl methyl sites for hydroxylation is 1. The molecule has 0 amide bonds. The monoisotopic (exact) mass is 246 g/mol. The molecule has 0 saturated carbocycles. The van der Waals surface area contributed by atoms with Crippen LogP contribution in [-0.4, -0.2) is 16.4 Å². The number of rotatable bonds is 5. The first-order valence-electron chi connectivity index (χ1n) is 5.98. The van der Waals surface area contributed by atoms with E-state index in [9.17, 15) is 0 Å². The second-order valence-electron chi connectivity index (χ2n) is 4.10. The molecule has 1 aromatic carbocycles. The first-order valence-corrected chi connectivity index (χ1v) is 5.98. The predicted octanol–water partition coefficient (Wildman–Crippen LogP) is 2.53. The lowest BCUT2D eigenvalue weighted by Crippen LogP contribution is -1.97. The Labute approximate surface area is 107 Å². The van der Waals surface area contributed by atoms with Crippen molar-refractivity contribution in [2.45, 2.75) is 13.3 Å². The van der Waals surface area contributed by atoms with Crippen LogP contribution in [-0.2, 0) is 7.05 Å². The molecule has 0 fully saturated rings. The third-order valence-corrected chi connectivity index (χ3v) is 2.45. The van der Waals surface area contributed by atoms with Crippen molar-refractivity contribution in [3.63, 3.8) is 0 Å². The van der Waals surface area contributed by atoms with Gasteiger partial charge in [0.25, 0.3) is 0 Å². The summed E-state index contributed by atoms with van der Waals surface area (Å²) in [5, 5.41) is 7.39. The molecule has 1 heterocycles. The summed E-state index contributed by atoms with van der Waals surface area (Å²) in [4.78, 5) is 0. The van der Waals surface area contributed by atoms with Gasteiger partial charge in [0.05, 0.1) is 12.3 Å². The van der Waals surface area contributed by atoms with Crippen molar-refractivity contribution in [1.82, 2.24) is 9.78 Å². The van der Waals surface area contributed by atoms with Crippen LogP contribution in [0.2, 0.25) is 0 Å². The van der Waals surface area contributed by atoms with Gasteiger partial charge in [0.15, 0.2) is 5.82 Å². The first-order chi connectivity index (χ1) is 8.69. The second kappa shape index (κ2) is 5.44. The van der Waals surface area contributed by atoms with Gasteiger partial charge in [-0.2, -0.15) is 5.10 Å². The maximum Gasteiger partial charge on any atom is 0.175 e. The molecule has 3 N–H and O–H groups in total. The zero-order chi connectivity index (χ0) is 13.0. The van der Waals surface area contributed by atoms with Crippen molar-refractivity contribution in [3.05, 3.63) is 30.5 Å². The van der Waals surface area contributed by atoms with Gasteiger partial charge in [0.1, 0.15) is 5.75 Å². The minimum absolute atomic E-state index is 0.629. The molecular weight excluding hydrogens is 228 g/mol. The smallest absolute Gasteiger partial charge is 0.175 e. The van der Waals surface area contributed by atoms with Crippen molar-refractivity contribution >= 4 is 17.2 Å². The molecule has 0 aliphatic heterocycles. The standard InChI is InChI=1S/C13H18N4O/c1-3-8-18-11-6-4-10(5-7-11)15-13-12(14)9-17(2)16-13/h4-7,9H,3,8,14H2,1-2H3,(H,15,16). The van der Waals surface area contributed by atoms with Crippen LogP contribution in [0.1, 0.15) is 13.3 Å². The third kappa shape index (κ3) is 2.94.